The predicted octanol–water partition coefficient (Wildman–Crippen LogP) is 3.46. The van der Waals surface area contributed by atoms with Crippen LogP contribution in [-0.2, 0) is 0 Å². The lowest BCUT2D eigenvalue weighted by atomic mass is 10.2. The summed E-state index contributed by atoms with van der Waals surface area (Å²) in [6, 6.07) is 9.95. The number of hydrogen-bond acceptors (Lipinski definition) is 1. The predicted molar refractivity (Wildman–Crippen MR) is 55.8 cm³/mol. The van der Waals surface area contributed by atoms with Crippen molar-refractivity contribution in [1.82, 2.24) is 0 Å². The molecule has 0 aliphatic carbocycles. The quantitative estimate of drug-likeness (QED) is 0.605. The highest BCUT2D eigenvalue weighted by Gasteiger charge is 1.90. The number of para-hydroxylation sites is 1. The largest absolute Gasteiger partial charge is 0.494 e. The minimum atomic E-state index is 0.823. The van der Waals surface area contributed by atoms with Crippen molar-refractivity contribution in [2.75, 3.05) is 6.61 Å². The first-order valence-electron chi connectivity index (χ1n) is 4.90. The van der Waals surface area contributed by atoms with Gasteiger partial charge in [0.15, 0.2) is 0 Å². The zero-order valence-corrected chi connectivity index (χ0v) is 8.04. The Kier molecular flexibility index (Phi) is 5.07. The molecule has 1 radical (unpaired) electrons. The summed E-state index contributed by atoms with van der Waals surface area (Å²) in [5.74, 6) is 0.970. The van der Waals surface area contributed by atoms with E-state index in [9.17, 15) is 0 Å². The van der Waals surface area contributed by atoms with Crippen LogP contribution in [0.1, 0.15) is 25.7 Å². The summed E-state index contributed by atoms with van der Waals surface area (Å²) in [6.07, 6.45) is 4.59. The first kappa shape index (κ1) is 10.1. The van der Waals surface area contributed by atoms with Crippen molar-refractivity contribution in [3.05, 3.63) is 37.3 Å². The maximum atomic E-state index is 5.53. The van der Waals surface area contributed by atoms with Crippen molar-refractivity contribution < 1.29 is 4.74 Å². The van der Waals surface area contributed by atoms with Crippen LogP contribution >= 0.6 is 0 Å². The Morgan fingerprint density at radius 3 is 2.46 bits per heavy atom. The van der Waals surface area contributed by atoms with Crippen molar-refractivity contribution in [2.24, 2.45) is 0 Å². The van der Waals surface area contributed by atoms with Gasteiger partial charge in [0.1, 0.15) is 5.75 Å². The van der Waals surface area contributed by atoms with Gasteiger partial charge in [-0.1, -0.05) is 44.4 Å². The molecule has 0 aromatic heterocycles. The van der Waals surface area contributed by atoms with E-state index in [1.165, 1.54) is 12.8 Å². The fraction of sp³-hybridized carbons (Fsp3) is 0.417. The van der Waals surface area contributed by atoms with Crippen LogP contribution in [0.3, 0.4) is 0 Å². The Morgan fingerprint density at radius 1 is 1.00 bits per heavy atom. The molecular formula is C12H17O. The van der Waals surface area contributed by atoms with Gasteiger partial charge in [0.2, 0.25) is 0 Å². The minimum Gasteiger partial charge on any atom is -0.494 e. The van der Waals surface area contributed by atoms with E-state index in [1.54, 1.807) is 0 Å². The van der Waals surface area contributed by atoms with Gasteiger partial charge >= 0.3 is 0 Å². The highest BCUT2D eigenvalue weighted by Crippen LogP contribution is 2.09. The van der Waals surface area contributed by atoms with E-state index in [2.05, 4.69) is 6.92 Å². The Hall–Kier alpha value is -0.980. The molecule has 13 heavy (non-hydrogen) atoms. The van der Waals surface area contributed by atoms with Crippen LogP contribution in [0, 0.1) is 6.92 Å². The molecule has 0 saturated heterocycles. The number of ether oxygens (including phenoxy) is 1. The Balaban J connectivity index is 2.07. The van der Waals surface area contributed by atoms with Crippen LogP contribution in [0.5, 0.6) is 5.75 Å². The Labute approximate surface area is 80.7 Å². The molecule has 0 saturated carbocycles. The van der Waals surface area contributed by atoms with E-state index in [4.69, 9.17) is 4.74 Å². The second-order valence-electron chi connectivity index (χ2n) is 3.08. The smallest absolute Gasteiger partial charge is 0.119 e. The van der Waals surface area contributed by atoms with E-state index in [-0.39, 0.29) is 0 Å². The molecule has 0 aliphatic heterocycles. The lowest BCUT2D eigenvalue weighted by molar-refractivity contribution is 0.305. The van der Waals surface area contributed by atoms with Gasteiger partial charge in [-0.05, 0) is 18.6 Å². The van der Waals surface area contributed by atoms with Crippen molar-refractivity contribution in [3.63, 3.8) is 0 Å². The maximum absolute atomic E-state index is 5.53. The molecule has 0 aliphatic rings. The molecule has 1 aromatic carbocycles. The SMILES string of the molecule is [CH2]CCCCCOc1ccccc1. The molecule has 1 rings (SSSR count). The zero-order valence-electron chi connectivity index (χ0n) is 8.04. The summed E-state index contributed by atoms with van der Waals surface area (Å²) in [5, 5.41) is 0. The third-order valence-corrected chi connectivity index (χ3v) is 1.91. The number of hydrogen-bond donors (Lipinski definition) is 0. The molecule has 0 N–H and O–H groups in total. The number of unbranched alkanes of at least 4 members (excludes halogenated alkanes) is 3. The molecule has 0 heterocycles. The van der Waals surface area contributed by atoms with Crippen molar-refractivity contribution >= 4 is 0 Å². The van der Waals surface area contributed by atoms with Crippen molar-refractivity contribution in [1.29, 1.82) is 0 Å². The Morgan fingerprint density at radius 2 is 1.77 bits per heavy atom. The average Bonchev–Trinajstić information content (AvgIpc) is 2.19. The summed E-state index contributed by atoms with van der Waals surface area (Å²) >= 11 is 0. The second kappa shape index (κ2) is 6.53. The van der Waals surface area contributed by atoms with E-state index in [1.807, 2.05) is 30.3 Å². The number of rotatable bonds is 6. The first-order valence-corrected chi connectivity index (χ1v) is 4.90. The third kappa shape index (κ3) is 4.56. The van der Waals surface area contributed by atoms with Gasteiger partial charge in [-0.2, -0.15) is 0 Å². The molecule has 1 nitrogen and oxygen atoms in total. The average molecular weight is 177 g/mol. The van der Waals surface area contributed by atoms with Crippen LogP contribution in [0.15, 0.2) is 30.3 Å². The van der Waals surface area contributed by atoms with Crippen LogP contribution in [0.2, 0.25) is 0 Å². The normalized spacial score (nSPS) is 9.92. The summed E-state index contributed by atoms with van der Waals surface area (Å²) in [4.78, 5) is 0. The summed E-state index contributed by atoms with van der Waals surface area (Å²) in [5.41, 5.74) is 0. The van der Waals surface area contributed by atoms with E-state index >= 15 is 0 Å². The molecule has 0 amide bonds. The molecule has 0 atom stereocenters. The fourth-order valence-corrected chi connectivity index (χ4v) is 1.16. The van der Waals surface area contributed by atoms with E-state index < -0.39 is 0 Å². The molecule has 1 aromatic rings. The second-order valence-corrected chi connectivity index (χ2v) is 3.08. The van der Waals surface area contributed by atoms with Crippen LogP contribution in [0.4, 0.5) is 0 Å². The molecule has 0 unspecified atom stereocenters. The van der Waals surface area contributed by atoms with Crippen molar-refractivity contribution in [2.45, 2.75) is 25.7 Å². The molecule has 0 spiro atoms. The molecular weight excluding hydrogens is 160 g/mol. The first-order chi connectivity index (χ1) is 6.43. The summed E-state index contributed by atoms with van der Waals surface area (Å²) < 4.78 is 5.53. The fourth-order valence-electron chi connectivity index (χ4n) is 1.16. The van der Waals surface area contributed by atoms with Gasteiger partial charge in [-0.25, -0.2) is 0 Å². The molecule has 71 valence electrons. The van der Waals surface area contributed by atoms with E-state index in [0.717, 1.165) is 25.2 Å². The zero-order chi connectivity index (χ0) is 9.36. The van der Waals surface area contributed by atoms with Gasteiger partial charge in [-0.15, -0.1) is 0 Å². The van der Waals surface area contributed by atoms with Gasteiger partial charge in [-0.3, -0.25) is 0 Å². The maximum Gasteiger partial charge on any atom is 0.119 e. The highest BCUT2D eigenvalue weighted by atomic mass is 16.5. The van der Waals surface area contributed by atoms with Gasteiger partial charge in [0, 0.05) is 0 Å². The van der Waals surface area contributed by atoms with E-state index in [0.29, 0.717) is 0 Å². The lowest BCUT2D eigenvalue weighted by Crippen LogP contribution is -1.96. The topological polar surface area (TPSA) is 9.23 Å². The van der Waals surface area contributed by atoms with Crippen LogP contribution in [-0.4, -0.2) is 6.61 Å². The van der Waals surface area contributed by atoms with Gasteiger partial charge < -0.3 is 4.74 Å². The molecule has 0 fully saturated rings. The van der Waals surface area contributed by atoms with Gasteiger partial charge in [0.25, 0.3) is 0 Å². The monoisotopic (exact) mass is 177 g/mol. The highest BCUT2D eigenvalue weighted by molar-refractivity contribution is 5.20. The molecule has 1 heteroatoms. The third-order valence-electron chi connectivity index (χ3n) is 1.91. The minimum absolute atomic E-state index is 0.823. The standard InChI is InChI=1S/C12H17O/c1-2-3-4-8-11-13-12-9-6-5-7-10-12/h5-7,9-10H,1-4,8,11H2. The number of benzene rings is 1. The summed E-state index contributed by atoms with van der Waals surface area (Å²) in [6.45, 7) is 4.62. The summed E-state index contributed by atoms with van der Waals surface area (Å²) in [7, 11) is 0. The Bertz CT molecular complexity index is 206. The van der Waals surface area contributed by atoms with Gasteiger partial charge in [0.05, 0.1) is 6.61 Å². The molecule has 0 bridgehead atoms. The lowest BCUT2D eigenvalue weighted by Gasteiger charge is -2.04. The van der Waals surface area contributed by atoms with Crippen molar-refractivity contribution in [3.8, 4) is 5.75 Å². The van der Waals surface area contributed by atoms with Crippen LogP contribution in [0.25, 0.3) is 0 Å². The van der Waals surface area contributed by atoms with Crippen LogP contribution < -0.4 is 4.74 Å².